The van der Waals surface area contributed by atoms with Crippen LogP contribution in [-0.4, -0.2) is 29.7 Å². The summed E-state index contributed by atoms with van der Waals surface area (Å²) >= 11 is 0. The number of rotatable bonds is 5. The van der Waals surface area contributed by atoms with Gasteiger partial charge in [0.15, 0.2) is 5.84 Å². The molecule has 0 aliphatic carbocycles. The number of sulfonamides is 1. The molecule has 0 saturated carbocycles. The zero-order chi connectivity index (χ0) is 23.0. The van der Waals surface area contributed by atoms with E-state index in [4.69, 9.17) is 0 Å². The quantitative estimate of drug-likeness (QED) is 0.570. The van der Waals surface area contributed by atoms with Crippen LogP contribution >= 0.6 is 0 Å². The Morgan fingerprint density at radius 2 is 1.84 bits per heavy atom. The summed E-state index contributed by atoms with van der Waals surface area (Å²) < 4.78 is 30.5. The molecule has 0 amide bonds. The van der Waals surface area contributed by atoms with Crippen LogP contribution in [0.15, 0.2) is 67.7 Å². The predicted octanol–water partition coefficient (Wildman–Crippen LogP) is 3.93. The van der Waals surface area contributed by atoms with Crippen molar-refractivity contribution in [2.24, 2.45) is 15.4 Å². The van der Waals surface area contributed by atoms with E-state index < -0.39 is 15.6 Å². The van der Waals surface area contributed by atoms with Crippen molar-refractivity contribution in [2.45, 2.75) is 38.5 Å². The Morgan fingerprint density at radius 3 is 2.56 bits per heavy atom. The molecule has 4 rings (SSSR count). The largest absolute Gasteiger partial charge is 0.506 e. The average molecular weight is 453 g/mol. The summed E-state index contributed by atoms with van der Waals surface area (Å²) in [7, 11) is -4.05. The standard InChI is InChI=1S/C23H24N4O4S/c1-4-9-16(14(2)3)25-27-18-12-7-5-10-15(18)21(28)20(23(27)29)22-24-17-11-6-8-13-19(17)32(30,31)26-22/h5-8,10-14,28H,4,9H2,1-3H3,(H,24,26)/b25-16-. The normalized spacial score (nSPS) is 15.4. The molecule has 166 valence electrons. The molecule has 0 atom stereocenters. The van der Waals surface area contributed by atoms with Gasteiger partial charge >= 0.3 is 0 Å². The molecule has 2 aromatic carbocycles. The lowest BCUT2D eigenvalue weighted by Crippen LogP contribution is -2.32. The first-order valence-corrected chi connectivity index (χ1v) is 11.8. The Bertz CT molecular complexity index is 1440. The molecule has 8 nitrogen and oxygen atoms in total. The van der Waals surface area contributed by atoms with E-state index in [1.165, 1.54) is 10.7 Å². The zero-order valence-corrected chi connectivity index (χ0v) is 18.8. The summed E-state index contributed by atoms with van der Waals surface area (Å²) in [6.07, 6.45) is 1.56. The fourth-order valence-electron chi connectivity index (χ4n) is 3.68. The summed E-state index contributed by atoms with van der Waals surface area (Å²) in [6.45, 7) is 6.03. The van der Waals surface area contributed by atoms with E-state index in [1.54, 1.807) is 42.5 Å². The van der Waals surface area contributed by atoms with Crippen LogP contribution in [0.3, 0.4) is 0 Å². The van der Waals surface area contributed by atoms with E-state index in [0.29, 0.717) is 17.3 Å². The molecule has 9 heteroatoms. The Labute approximate surface area is 186 Å². The molecular formula is C23H24N4O4S. The number of para-hydroxylation sites is 2. The maximum Gasteiger partial charge on any atom is 0.286 e. The maximum absolute atomic E-state index is 13.6. The van der Waals surface area contributed by atoms with Crippen molar-refractivity contribution in [3.8, 4) is 5.75 Å². The molecule has 0 fully saturated rings. The van der Waals surface area contributed by atoms with Crippen molar-refractivity contribution in [1.29, 1.82) is 0 Å². The molecule has 2 N–H and O–H groups in total. The van der Waals surface area contributed by atoms with E-state index in [0.717, 1.165) is 12.1 Å². The SMILES string of the molecule is CCC/C(=N/n1c(=O)c(C2=NS(=O)(=O)c3ccccc3N2)c(O)c2ccccc21)C(C)C. The molecule has 2 heterocycles. The van der Waals surface area contributed by atoms with Crippen LogP contribution in [0.25, 0.3) is 10.9 Å². The Morgan fingerprint density at radius 1 is 1.16 bits per heavy atom. The minimum Gasteiger partial charge on any atom is -0.506 e. The number of hydrogen-bond donors (Lipinski definition) is 2. The lowest BCUT2D eigenvalue weighted by Gasteiger charge is -2.20. The molecule has 1 aromatic heterocycles. The number of aromatic hydroxyl groups is 1. The Balaban J connectivity index is 2.04. The second-order valence-electron chi connectivity index (χ2n) is 7.89. The van der Waals surface area contributed by atoms with Crippen molar-refractivity contribution in [2.75, 3.05) is 5.32 Å². The number of nitrogens with zero attached hydrogens (tertiary/aromatic N) is 3. The van der Waals surface area contributed by atoms with Gasteiger partial charge in [-0.1, -0.05) is 51.5 Å². The summed E-state index contributed by atoms with van der Waals surface area (Å²) in [5, 5.41) is 18.9. The third-order valence-electron chi connectivity index (χ3n) is 5.30. The third kappa shape index (κ3) is 3.69. The summed E-state index contributed by atoms with van der Waals surface area (Å²) in [5.41, 5.74) is 0.635. The molecule has 3 aromatic rings. The molecule has 0 radical (unpaired) electrons. The minimum atomic E-state index is -4.05. The zero-order valence-electron chi connectivity index (χ0n) is 18.0. The monoisotopic (exact) mass is 452 g/mol. The number of hydrogen-bond acceptors (Lipinski definition) is 6. The number of nitrogens with one attached hydrogen (secondary N) is 1. The number of aromatic nitrogens is 1. The van der Waals surface area contributed by atoms with E-state index in [2.05, 4.69) is 14.8 Å². The summed E-state index contributed by atoms with van der Waals surface area (Å²) in [6, 6.07) is 13.1. The highest BCUT2D eigenvalue weighted by atomic mass is 32.2. The molecule has 1 aliphatic rings. The summed E-state index contributed by atoms with van der Waals surface area (Å²) in [4.78, 5) is 13.6. The van der Waals surface area contributed by atoms with Gasteiger partial charge < -0.3 is 10.4 Å². The van der Waals surface area contributed by atoms with Gasteiger partial charge in [0.2, 0.25) is 0 Å². The molecule has 1 aliphatic heterocycles. The molecule has 0 bridgehead atoms. The second kappa shape index (κ2) is 8.23. The number of fused-ring (bicyclic) bond motifs is 2. The van der Waals surface area contributed by atoms with Crippen molar-refractivity contribution >= 4 is 38.2 Å². The van der Waals surface area contributed by atoms with Crippen molar-refractivity contribution in [3.63, 3.8) is 0 Å². The fourth-order valence-corrected chi connectivity index (χ4v) is 4.81. The van der Waals surface area contributed by atoms with E-state index >= 15 is 0 Å². The van der Waals surface area contributed by atoms with Gasteiger partial charge in [-0.05, 0) is 36.6 Å². The number of anilines is 1. The van der Waals surface area contributed by atoms with Crippen molar-refractivity contribution in [3.05, 3.63) is 64.4 Å². The van der Waals surface area contributed by atoms with Crippen LogP contribution in [-0.2, 0) is 10.0 Å². The highest BCUT2D eigenvalue weighted by molar-refractivity contribution is 7.90. The molecular weight excluding hydrogens is 428 g/mol. The van der Waals surface area contributed by atoms with Gasteiger partial charge in [0.05, 0.1) is 11.2 Å². The van der Waals surface area contributed by atoms with Crippen molar-refractivity contribution < 1.29 is 13.5 Å². The topological polar surface area (TPSA) is 113 Å². The molecule has 0 spiro atoms. The van der Waals surface area contributed by atoms with Crippen LogP contribution in [0.4, 0.5) is 5.69 Å². The first kappa shape index (κ1) is 21.8. The Hall–Kier alpha value is -3.46. The van der Waals surface area contributed by atoms with Gasteiger partial charge in [-0.15, -0.1) is 4.40 Å². The first-order chi connectivity index (χ1) is 15.2. The van der Waals surface area contributed by atoms with E-state index in [9.17, 15) is 18.3 Å². The first-order valence-electron chi connectivity index (χ1n) is 10.4. The van der Waals surface area contributed by atoms with Crippen molar-refractivity contribution in [1.82, 2.24) is 4.68 Å². The highest BCUT2D eigenvalue weighted by Gasteiger charge is 2.29. The number of amidine groups is 1. The van der Waals surface area contributed by atoms with Gasteiger partial charge in [-0.2, -0.15) is 18.2 Å². The molecule has 0 unspecified atom stereocenters. The Kier molecular flexibility index (Phi) is 5.60. The van der Waals surface area contributed by atoms with E-state index in [-0.39, 0.29) is 33.6 Å². The van der Waals surface area contributed by atoms with Crippen LogP contribution in [0.2, 0.25) is 0 Å². The lowest BCUT2D eigenvalue weighted by atomic mass is 10.0. The van der Waals surface area contributed by atoms with Gasteiger partial charge in [0, 0.05) is 11.1 Å². The van der Waals surface area contributed by atoms with Crippen LogP contribution in [0.5, 0.6) is 5.75 Å². The minimum absolute atomic E-state index is 0.00687. The summed E-state index contributed by atoms with van der Waals surface area (Å²) in [5.74, 6) is -0.475. The number of pyridine rings is 1. The van der Waals surface area contributed by atoms with E-state index in [1.807, 2.05) is 20.8 Å². The molecule has 0 saturated heterocycles. The predicted molar refractivity (Wildman–Crippen MR) is 126 cm³/mol. The fraction of sp³-hybridized carbons (Fsp3) is 0.261. The van der Waals surface area contributed by atoms with Gasteiger partial charge in [-0.3, -0.25) is 4.79 Å². The van der Waals surface area contributed by atoms with Crippen LogP contribution in [0, 0.1) is 5.92 Å². The second-order valence-corrected chi connectivity index (χ2v) is 9.46. The average Bonchev–Trinajstić information content (AvgIpc) is 2.75. The third-order valence-corrected chi connectivity index (χ3v) is 6.63. The van der Waals surface area contributed by atoms with Gasteiger partial charge in [0.25, 0.3) is 15.6 Å². The highest BCUT2D eigenvalue weighted by Crippen LogP contribution is 2.32. The maximum atomic E-state index is 13.6. The van der Waals surface area contributed by atoms with Gasteiger partial charge in [0.1, 0.15) is 16.2 Å². The van der Waals surface area contributed by atoms with Crippen LogP contribution in [0.1, 0.15) is 39.2 Å². The smallest absolute Gasteiger partial charge is 0.286 e. The van der Waals surface area contributed by atoms with Crippen LogP contribution < -0.4 is 10.9 Å². The van der Waals surface area contributed by atoms with Gasteiger partial charge in [-0.25, -0.2) is 0 Å². The number of benzene rings is 2. The lowest BCUT2D eigenvalue weighted by molar-refractivity contribution is 0.478. The molecule has 32 heavy (non-hydrogen) atoms.